The average Bonchev–Trinajstić information content (AvgIpc) is 3.28. The van der Waals surface area contributed by atoms with E-state index in [2.05, 4.69) is 5.32 Å². The van der Waals surface area contributed by atoms with Gasteiger partial charge in [-0.25, -0.2) is 0 Å². The molecule has 7 nitrogen and oxygen atoms in total. The number of hydrogen-bond donors (Lipinski definition) is 2. The van der Waals surface area contributed by atoms with Crippen molar-refractivity contribution < 1.29 is 24.2 Å². The van der Waals surface area contributed by atoms with Crippen LogP contribution in [0.3, 0.4) is 0 Å². The second-order valence-electron chi connectivity index (χ2n) is 10.1. The number of nitrogens with one attached hydrogen (secondary N) is 1. The molecular formula is C30H34N2O5. The number of ether oxygens (including phenoxy) is 2. The lowest BCUT2D eigenvalue weighted by atomic mass is 10.0. The van der Waals surface area contributed by atoms with E-state index < -0.39 is 5.60 Å². The van der Waals surface area contributed by atoms with Gasteiger partial charge in [-0.15, -0.1) is 0 Å². The van der Waals surface area contributed by atoms with E-state index in [1.54, 1.807) is 11.0 Å². The lowest BCUT2D eigenvalue weighted by Crippen LogP contribution is -2.38. The number of phenols is 1. The molecule has 2 N–H and O–H groups in total. The monoisotopic (exact) mass is 502 g/mol. The molecule has 0 saturated heterocycles. The number of benzene rings is 3. The first-order valence-electron chi connectivity index (χ1n) is 12.6. The molecule has 37 heavy (non-hydrogen) atoms. The molecule has 1 aliphatic rings. The third-order valence-corrected chi connectivity index (χ3v) is 6.00. The minimum atomic E-state index is -0.510. The van der Waals surface area contributed by atoms with Crippen molar-refractivity contribution in [3.05, 3.63) is 77.9 Å². The molecule has 194 valence electrons. The summed E-state index contributed by atoms with van der Waals surface area (Å²) in [4.78, 5) is 26.3. The number of aromatic hydroxyl groups is 1. The maximum Gasteiger partial charge on any atom is 0.307 e. The van der Waals surface area contributed by atoms with E-state index in [1.807, 2.05) is 81.4 Å². The predicted octanol–water partition coefficient (Wildman–Crippen LogP) is 4.85. The molecule has 0 radical (unpaired) electrons. The summed E-state index contributed by atoms with van der Waals surface area (Å²) in [5.74, 6) is 0.615. The first-order valence-corrected chi connectivity index (χ1v) is 12.6. The highest BCUT2D eigenvalue weighted by molar-refractivity contribution is 5.97. The SMILES string of the molecule is CC(C)(C)OC(=O)CCNCC(=O)N1CCc2cc(OCc3ccc(-c4ccccc4)c(O)c3)ccc21. The van der Waals surface area contributed by atoms with Gasteiger partial charge in [-0.2, -0.15) is 0 Å². The van der Waals surface area contributed by atoms with Gasteiger partial charge in [-0.1, -0.05) is 42.5 Å². The number of carbonyl (C=O) groups is 2. The Morgan fingerprint density at radius 3 is 2.54 bits per heavy atom. The van der Waals surface area contributed by atoms with E-state index in [0.717, 1.165) is 40.1 Å². The molecule has 0 spiro atoms. The zero-order valence-corrected chi connectivity index (χ0v) is 21.6. The van der Waals surface area contributed by atoms with Crippen molar-refractivity contribution in [1.29, 1.82) is 0 Å². The lowest BCUT2D eigenvalue weighted by molar-refractivity contribution is -0.154. The molecule has 7 heteroatoms. The van der Waals surface area contributed by atoms with Crippen molar-refractivity contribution in [1.82, 2.24) is 5.32 Å². The lowest BCUT2D eigenvalue weighted by Gasteiger charge is -2.20. The largest absolute Gasteiger partial charge is 0.507 e. The fraction of sp³-hybridized carbons (Fsp3) is 0.333. The highest BCUT2D eigenvalue weighted by atomic mass is 16.6. The average molecular weight is 503 g/mol. The summed E-state index contributed by atoms with van der Waals surface area (Å²) in [5.41, 5.74) is 4.04. The Balaban J connectivity index is 1.28. The van der Waals surface area contributed by atoms with E-state index in [4.69, 9.17) is 9.47 Å². The van der Waals surface area contributed by atoms with Crippen molar-refractivity contribution in [2.75, 3.05) is 24.5 Å². The standard InChI is InChI=1S/C30H34N2O5/c1-30(2,3)37-29(35)13-15-31-19-28(34)32-16-14-23-18-24(10-12-26(23)32)36-20-21-9-11-25(27(33)17-21)22-7-5-4-6-8-22/h4-12,17-18,31,33H,13-16,19-20H2,1-3H3. The Morgan fingerprint density at radius 1 is 1.03 bits per heavy atom. The van der Waals surface area contributed by atoms with Crippen LogP contribution in [0, 0.1) is 0 Å². The number of phenolic OH excluding ortho intramolecular Hbond substituents is 1. The quantitative estimate of drug-likeness (QED) is 0.321. The molecule has 0 bridgehead atoms. The van der Waals surface area contributed by atoms with Crippen LogP contribution in [-0.2, 0) is 27.4 Å². The molecule has 4 rings (SSSR count). The van der Waals surface area contributed by atoms with Gasteiger partial charge in [0.15, 0.2) is 0 Å². The molecular weight excluding hydrogens is 468 g/mol. The maximum atomic E-state index is 12.7. The summed E-state index contributed by atoms with van der Waals surface area (Å²) in [6.45, 7) is 6.97. The van der Waals surface area contributed by atoms with Crippen LogP contribution in [0.5, 0.6) is 11.5 Å². The third-order valence-electron chi connectivity index (χ3n) is 6.00. The molecule has 0 aromatic heterocycles. The van der Waals surface area contributed by atoms with Crippen molar-refractivity contribution in [2.45, 2.75) is 45.8 Å². The first kappa shape index (κ1) is 26.2. The smallest absolute Gasteiger partial charge is 0.307 e. The number of nitrogens with zero attached hydrogens (tertiary/aromatic N) is 1. The van der Waals surface area contributed by atoms with Gasteiger partial charge >= 0.3 is 5.97 Å². The Kier molecular flexibility index (Phi) is 8.14. The fourth-order valence-electron chi connectivity index (χ4n) is 4.30. The zero-order chi connectivity index (χ0) is 26.4. The number of fused-ring (bicyclic) bond motifs is 1. The molecule has 1 aliphatic heterocycles. The van der Waals surface area contributed by atoms with E-state index >= 15 is 0 Å². The van der Waals surface area contributed by atoms with Gasteiger partial charge < -0.3 is 24.8 Å². The number of hydrogen-bond acceptors (Lipinski definition) is 6. The van der Waals surface area contributed by atoms with Gasteiger partial charge in [0.25, 0.3) is 0 Å². The van der Waals surface area contributed by atoms with Crippen LogP contribution >= 0.6 is 0 Å². The van der Waals surface area contributed by atoms with E-state index in [0.29, 0.717) is 19.7 Å². The maximum absolute atomic E-state index is 12.7. The van der Waals surface area contributed by atoms with E-state index in [9.17, 15) is 14.7 Å². The summed E-state index contributed by atoms with van der Waals surface area (Å²) in [5, 5.41) is 13.5. The molecule has 1 amide bonds. The number of esters is 1. The van der Waals surface area contributed by atoms with Crippen LogP contribution in [0.1, 0.15) is 38.3 Å². The highest BCUT2D eigenvalue weighted by Crippen LogP contribution is 2.33. The van der Waals surface area contributed by atoms with Gasteiger partial charge in [-0.05, 0) is 68.1 Å². The van der Waals surface area contributed by atoms with Crippen LogP contribution in [-0.4, -0.2) is 42.2 Å². The predicted molar refractivity (Wildman–Crippen MR) is 144 cm³/mol. The van der Waals surface area contributed by atoms with Gasteiger partial charge in [0.2, 0.25) is 5.91 Å². The first-order chi connectivity index (χ1) is 17.7. The van der Waals surface area contributed by atoms with Gasteiger partial charge in [0.05, 0.1) is 13.0 Å². The molecule has 0 unspecified atom stereocenters. The number of carbonyl (C=O) groups excluding carboxylic acids is 2. The normalized spacial score (nSPS) is 12.8. The summed E-state index contributed by atoms with van der Waals surface area (Å²) < 4.78 is 11.3. The Bertz CT molecular complexity index is 1250. The zero-order valence-electron chi connectivity index (χ0n) is 21.6. The molecule has 1 heterocycles. The Hall–Kier alpha value is -3.84. The summed E-state index contributed by atoms with van der Waals surface area (Å²) in [6.07, 6.45) is 0.970. The minimum absolute atomic E-state index is 0.0365. The molecule has 0 aliphatic carbocycles. The number of amides is 1. The molecule has 3 aromatic rings. The van der Waals surface area contributed by atoms with Crippen molar-refractivity contribution >= 4 is 17.6 Å². The third kappa shape index (κ3) is 7.11. The number of anilines is 1. The van der Waals surface area contributed by atoms with Crippen molar-refractivity contribution in [2.24, 2.45) is 0 Å². The minimum Gasteiger partial charge on any atom is -0.507 e. The van der Waals surface area contributed by atoms with Crippen LogP contribution in [0.25, 0.3) is 11.1 Å². The molecule has 0 atom stereocenters. The van der Waals surface area contributed by atoms with Crippen LogP contribution in [0.4, 0.5) is 5.69 Å². The molecule has 0 fully saturated rings. The van der Waals surface area contributed by atoms with Gasteiger partial charge in [0, 0.05) is 24.3 Å². The van der Waals surface area contributed by atoms with Gasteiger partial charge in [0.1, 0.15) is 23.7 Å². The Labute approximate surface area is 218 Å². The topological polar surface area (TPSA) is 88.1 Å². The Morgan fingerprint density at radius 2 is 1.81 bits per heavy atom. The molecule has 3 aromatic carbocycles. The summed E-state index contributed by atoms with van der Waals surface area (Å²) in [6, 6.07) is 21.1. The van der Waals surface area contributed by atoms with Crippen LogP contribution in [0.15, 0.2) is 66.7 Å². The van der Waals surface area contributed by atoms with E-state index in [1.165, 1.54) is 0 Å². The second-order valence-corrected chi connectivity index (χ2v) is 10.1. The highest BCUT2D eigenvalue weighted by Gasteiger charge is 2.25. The van der Waals surface area contributed by atoms with Crippen molar-refractivity contribution in [3.8, 4) is 22.6 Å². The fourth-order valence-corrected chi connectivity index (χ4v) is 4.30. The van der Waals surface area contributed by atoms with E-state index in [-0.39, 0.29) is 30.6 Å². The summed E-state index contributed by atoms with van der Waals surface area (Å²) in [7, 11) is 0. The second kappa shape index (κ2) is 11.5. The number of rotatable bonds is 9. The van der Waals surface area contributed by atoms with Crippen LogP contribution < -0.4 is 15.0 Å². The molecule has 0 saturated carbocycles. The van der Waals surface area contributed by atoms with Gasteiger partial charge in [-0.3, -0.25) is 9.59 Å². The van der Waals surface area contributed by atoms with Crippen molar-refractivity contribution in [3.63, 3.8) is 0 Å². The summed E-state index contributed by atoms with van der Waals surface area (Å²) >= 11 is 0. The van der Waals surface area contributed by atoms with Crippen LogP contribution in [0.2, 0.25) is 0 Å².